The summed E-state index contributed by atoms with van der Waals surface area (Å²) < 4.78 is 0. The van der Waals surface area contributed by atoms with Crippen molar-refractivity contribution >= 4 is 11.8 Å². The van der Waals surface area contributed by atoms with Crippen molar-refractivity contribution in [2.24, 2.45) is 0 Å². The third-order valence-corrected chi connectivity index (χ3v) is 2.82. The normalized spacial score (nSPS) is 29.5. The molecule has 1 fully saturated rings. The maximum Gasteiger partial charge on any atom is 0.0635 e. The average Bonchev–Trinajstić information content (AvgIpc) is 1.98. The topological polar surface area (TPSA) is 3.24 Å². The summed E-state index contributed by atoms with van der Waals surface area (Å²) in [7, 11) is 2.09. The molecule has 0 aliphatic carbocycles. The van der Waals surface area contributed by atoms with Crippen LogP contribution >= 0.6 is 11.8 Å². The van der Waals surface area contributed by atoms with Crippen LogP contribution in [0.4, 0.5) is 0 Å². The number of rotatable bonds is 0. The van der Waals surface area contributed by atoms with E-state index >= 15 is 0 Å². The first kappa shape index (κ1) is 6.02. The zero-order chi connectivity index (χ0) is 6.15. The molecule has 2 heteroatoms. The van der Waals surface area contributed by atoms with Crippen molar-refractivity contribution in [3.8, 4) is 0 Å². The molecule has 1 saturated heterocycles. The molecule has 1 heterocycles. The van der Waals surface area contributed by atoms with E-state index in [1.165, 1.54) is 10.8 Å². The van der Waals surface area contributed by atoms with Gasteiger partial charge in [-0.2, -0.15) is 0 Å². The van der Waals surface area contributed by atoms with Crippen molar-refractivity contribution < 1.29 is 0 Å². The monoisotopic (exact) mass is 129 g/mol. The minimum atomic E-state index is 0.687. The number of hydrogen-bond donors (Lipinski definition) is 0. The molecule has 1 unspecified atom stereocenters. The van der Waals surface area contributed by atoms with Crippen LogP contribution in [0.1, 0.15) is 6.92 Å². The largest absolute Gasteiger partial charge is 0.366 e. The Morgan fingerprint density at radius 3 is 2.62 bits per heavy atom. The van der Waals surface area contributed by atoms with E-state index < -0.39 is 0 Å². The highest BCUT2D eigenvalue weighted by molar-refractivity contribution is 8.03. The zero-order valence-corrected chi connectivity index (χ0v) is 6.16. The Kier molecular flexibility index (Phi) is 1.52. The van der Waals surface area contributed by atoms with Gasteiger partial charge in [0.05, 0.1) is 5.03 Å². The van der Waals surface area contributed by atoms with Crippen molar-refractivity contribution in [2.75, 3.05) is 12.8 Å². The van der Waals surface area contributed by atoms with Crippen molar-refractivity contribution in [3.05, 3.63) is 11.6 Å². The lowest BCUT2D eigenvalue weighted by Gasteiger charge is -2.15. The number of thioether (sulfide) groups is 1. The van der Waals surface area contributed by atoms with Crippen molar-refractivity contribution in [1.29, 1.82) is 0 Å². The van der Waals surface area contributed by atoms with Gasteiger partial charge in [0, 0.05) is 18.8 Å². The molecule has 0 radical (unpaired) electrons. The van der Waals surface area contributed by atoms with E-state index in [2.05, 4.69) is 25.5 Å². The molecule has 8 heavy (non-hydrogen) atoms. The van der Waals surface area contributed by atoms with Crippen molar-refractivity contribution in [1.82, 2.24) is 4.90 Å². The maximum absolute atomic E-state index is 3.87. The smallest absolute Gasteiger partial charge is 0.0635 e. The molecule has 1 rings (SSSR count). The minimum Gasteiger partial charge on any atom is -0.366 e. The first-order valence-corrected chi connectivity index (χ1v) is 3.75. The molecule has 0 saturated carbocycles. The minimum absolute atomic E-state index is 0.687. The summed E-state index contributed by atoms with van der Waals surface area (Å²) in [5.41, 5.74) is 0. The summed E-state index contributed by atoms with van der Waals surface area (Å²) in [6.07, 6.45) is 0. The summed E-state index contributed by atoms with van der Waals surface area (Å²) in [5.74, 6) is 1.20. The highest BCUT2D eigenvalue weighted by Gasteiger charge is 2.18. The van der Waals surface area contributed by atoms with Gasteiger partial charge in [-0.25, -0.2) is 0 Å². The predicted molar refractivity (Wildman–Crippen MR) is 38.8 cm³/mol. The van der Waals surface area contributed by atoms with Crippen LogP contribution in [0.5, 0.6) is 0 Å². The molecular weight excluding hydrogens is 118 g/mol. The van der Waals surface area contributed by atoms with Gasteiger partial charge in [-0.15, -0.1) is 11.8 Å². The van der Waals surface area contributed by atoms with Gasteiger partial charge in [0.2, 0.25) is 0 Å². The second-order valence-electron chi connectivity index (χ2n) is 2.16. The van der Waals surface area contributed by atoms with Crippen LogP contribution in [0.3, 0.4) is 0 Å². The van der Waals surface area contributed by atoms with Crippen LogP contribution in [0.15, 0.2) is 11.6 Å². The van der Waals surface area contributed by atoms with E-state index in [4.69, 9.17) is 0 Å². The van der Waals surface area contributed by atoms with Crippen LogP contribution in [-0.2, 0) is 0 Å². The Labute approximate surface area is 54.8 Å². The molecule has 0 bridgehead atoms. The summed E-state index contributed by atoms with van der Waals surface area (Å²) >= 11 is 1.84. The molecule has 1 aliphatic rings. The SMILES string of the molecule is C=C1SCC(C)N1C. The summed E-state index contributed by atoms with van der Waals surface area (Å²) in [6.45, 7) is 6.09. The second kappa shape index (κ2) is 2.02. The molecule has 0 aromatic heterocycles. The fraction of sp³-hybridized carbons (Fsp3) is 0.667. The predicted octanol–water partition coefficient (Wildman–Crippen LogP) is 1.52. The van der Waals surface area contributed by atoms with E-state index in [1.54, 1.807) is 0 Å². The Morgan fingerprint density at radius 2 is 2.50 bits per heavy atom. The van der Waals surface area contributed by atoms with Crippen LogP contribution in [-0.4, -0.2) is 23.7 Å². The Hall–Kier alpha value is -0.110. The van der Waals surface area contributed by atoms with Gasteiger partial charge in [-0.1, -0.05) is 6.58 Å². The molecule has 1 nitrogen and oxygen atoms in total. The lowest BCUT2D eigenvalue weighted by molar-refractivity contribution is 0.389. The van der Waals surface area contributed by atoms with Gasteiger partial charge in [0.1, 0.15) is 0 Å². The summed E-state index contributed by atoms with van der Waals surface area (Å²) in [4.78, 5) is 2.21. The van der Waals surface area contributed by atoms with E-state index in [0.717, 1.165) is 0 Å². The Bertz CT molecular complexity index is 111. The standard InChI is InChI=1S/C6H11NS/c1-5-4-8-6(2)7(5)3/h5H,2,4H2,1,3H3. The van der Waals surface area contributed by atoms with Crippen LogP contribution < -0.4 is 0 Å². The molecule has 0 aromatic carbocycles. The van der Waals surface area contributed by atoms with E-state index in [-0.39, 0.29) is 0 Å². The third-order valence-electron chi connectivity index (χ3n) is 1.55. The lowest BCUT2D eigenvalue weighted by atomic mass is 10.4. The maximum atomic E-state index is 3.87. The van der Waals surface area contributed by atoms with Crippen molar-refractivity contribution in [3.63, 3.8) is 0 Å². The number of nitrogens with zero attached hydrogens (tertiary/aromatic N) is 1. The molecule has 0 amide bonds. The second-order valence-corrected chi connectivity index (χ2v) is 3.26. The molecule has 0 spiro atoms. The van der Waals surface area contributed by atoms with E-state index in [1.807, 2.05) is 11.8 Å². The molecule has 46 valence electrons. The van der Waals surface area contributed by atoms with Crippen LogP contribution in [0.2, 0.25) is 0 Å². The van der Waals surface area contributed by atoms with Gasteiger partial charge in [0.15, 0.2) is 0 Å². The first-order valence-electron chi connectivity index (χ1n) is 2.76. The van der Waals surface area contributed by atoms with E-state index in [0.29, 0.717) is 6.04 Å². The fourth-order valence-corrected chi connectivity index (χ4v) is 1.72. The third kappa shape index (κ3) is 0.848. The number of hydrogen-bond acceptors (Lipinski definition) is 2. The van der Waals surface area contributed by atoms with Crippen LogP contribution in [0, 0.1) is 0 Å². The summed E-state index contributed by atoms with van der Waals surface area (Å²) in [6, 6.07) is 0.687. The Balaban J connectivity index is 2.56. The highest BCUT2D eigenvalue weighted by atomic mass is 32.2. The average molecular weight is 129 g/mol. The molecular formula is C6H11NS. The lowest BCUT2D eigenvalue weighted by Crippen LogP contribution is -2.21. The zero-order valence-electron chi connectivity index (χ0n) is 5.35. The molecule has 1 aliphatic heterocycles. The van der Waals surface area contributed by atoms with Gasteiger partial charge in [-0.05, 0) is 6.92 Å². The summed E-state index contributed by atoms with van der Waals surface area (Å²) in [5, 5.41) is 1.21. The van der Waals surface area contributed by atoms with Crippen molar-refractivity contribution in [2.45, 2.75) is 13.0 Å². The first-order chi connectivity index (χ1) is 3.72. The van der Waals surface area contributed by atoms with Crippen LogP contribution in [0.25, 0.3) is 0 Å². The molecule has 0 N–H and O–H groups in total. The highest BCUT2D eigenvalue weighted by Crippen LogP contribution is 2.28. The quantitative estimate of drug-likeness (QED) is 0.488. The van der Waals surface area contributed by atoms with Gasteiger partial charge >= 0.3 is 0 Å². The molecule has 0 aromatic rings. The van der Waals surface area contributed by atoms with Gasteiger partial charge in [-0.3, -0.25) is 0 Å². The fourth-order valence-electron chi connectivity index (χ4n) is 0.676. The Morgan fingerprint density at radius 1 is 1.88 bits per heavy atom. The molecule has 1 atom stereocenters. The van der Waals surface area contributed by atoms with E-state index in [9.17, 15) is 0 Å². The van der Waals surface area contributed by atoms with Gasteiger partial charge < -0.3 is 4.90 Å². The van der Waals surface area contributed by atoms with Gasteiger partial charge in [0.25, 0.3) is 0 Å².